The molecule has 19 heavy (non-hydrogen) atoms. The minimum absolute atomic E-state index is 0.0345. The topological polar surface area (TPSA) is 96.0 Å². The van der Waals surface area contributed by atoms with Crippen LogP contribution in [0.3, 0.4) is 0 Å². The van der Waals surface area contributed by atoms with Gasteiger partial charge in [0.05, 0.1) is 16.7 Å². The number of amides is 1. The minimum atomic E-state index is -0.479. The summed E-state index contributed by atoms with van der Waals surface area (Å²) < 4.78 is 0. The van der Waals surface area contributed by atoms with Gasteiger partial charge in [0.2, 0.25) is 0 Å². The Kier molecular flexibility index (Phi) is 4.14. The van der Waals surface area contributed by atoms with Gasteiger partial charge < -0.3 is 20.0 Å². The number of piperidine rings is 1. The number of carbonyl (C=O) groups is 1. The van der Waals surface area contributed by atoms with E-state index in [1.54, 1.807) is 4.90 Å². The molecular formula is C12H15ClN2O4. The fourth-order valence-electron chi connectivity index (χ4n) is 2.08. The van der Waals surface area contributed by atoms with Crippen LogP contribution in [0.25, 0.3) is 0 Å². The first-order valence-corrected chi connectivity index (χ1v) is 6.27. The van der Waals surface area contributed by atoms with Gasteiger partial charge >= 0.3 is 0 Å². The minimum Gasteiger partial charge on any atom is -0.504 e. The number of likely N-dealkylation sites (tertiary alicyclic amines) is 1. The largest absolute Gasteiger partial charge is 0.504 e. The molecule has 0 radical (unpaired) electrons. The molecule has 0 bridgehead atoms. The summed E-state index contributed by atoms with van der Waals surface area (Å²) in [5, 5.41) is 18.7. The Hall–Kier alpha value is -1.50. The zero-order valence-corrected chi connectivity index (χ0v) is 10.9. The molecule has 1 aliphatic heterocycles. The van der Waals surface area contributed by atoms with Crippen molar-refractivity contribution in [2.24, 2.45) is 5.90 Å². The molecule has 0 unspecified atom stereocenters. The number of hydrogen-bond donors (Lipinski definition) is 3. The third-order valence-electron chi connectivity index (χ3n) is 3.25. The summed E-state index contributed by atoms with van der Waals surface area (Å²) in [6.07, 6.45) is 1.28. The van der Waals surface area contributed by atoms with Crippen molar-refractivity contribution in [3.8, 4) is 11.5 Å². The van der Waals surface area contributed by atoms with E-state index in [0.717, 1.165) is 0 Å². The number of benzene rings is 1. The fourth-order valence-corrected chi connectivity index (χ4v) is 2.33. The molecule has 0 spiro atoms. The van der Waals surface area contributed by atoms with Crippen molar-refractivity contribution in [2.45, 2.75) is 18.9 Å². The lowest BCUT2D eigenvalue weighted by Gasteiger charge is -2.31. The lowest BCUT2D eigenvalue weighted by molar-refractivity contribution is 0.00781. The van der Waals surface area contributed by atoms with E-state index in [-0.39, 0.29) is 28.3 Å². The highest BCUT2D eigenvalue weighted by atomic mass is 35.5. The van der Waals surface area contributed by atoms with Gasteiger partial charge in [-0.05, 0) is 25.0 Å². The van der Waals surface area contributed by atoms with E-state index >= 15 is 0 Å². The van der Waals surface area contributed by atoms with E-state index in [1.807, 2.05) is 0 Å². The van der Waals surface area contributed by atoms with Gasteiger partial charge in [-0.25, -0.2) is 5.90 Å². The number of phenols is 2. The molecule has 1 heterocycles. The van der Waals surface area contributed by atoms with Crippen LogP contribution < -0.4 is 5.90 Å². The van der Waals surface area contributed by atoms with Crippen LogP contribution in [0.2, 0.25) is 5.02 Å². The fraction of sp³-hybridized carbons (Fsp3) is 0.417. The summed E-state index contributed by atoms with van der Waals surface area (Å²) in [6, 6.07) is 2.63. The van der Waals surface area contributed by atoms with Gasteiger partial charge in [0.15, 0.2) is 11.5 Å². The third kappa shape index (κ3) is 2.75. The number of halogens is 1. The van der Waals surface area contributed by atoms with Gasteiger partial charge in [-0.3, -0.25) is 4.79 Å². The number of carbonyl (C=O) groups excluding carboxylic acids is 1. The number of rotatable bonds is 2. The van der Waals surface area contributed by atoms with Crippen molar-refractivity contribution in [3.05, 3.63) is 22.7 Å². The quantitative estimate of drug-likeness (QED) is 0.562. The Morgan fingerprint density at radius 3 is 2.58 bits per heavy atom. The molecule has 4 N–H and O–H groups in total. The van der Waals surface area contributed by atoms with Crippen LogP contribution in [0.1, 0.15) is 23.2 Å². The Morgan fingerprint density at radius 2 is 2.00 bits per heavy atom. The molecule has 1 amide bonds. The summed E-state index contributed by atoms with van der Waals surface area (Å²) in [6.45, 7) is 1.03. The van der Waals surface area contributed by atoms with Crippen molar-refractivity contribution in [2.75, 3.05) is 13.1 Å². The van der Waals surface area contributed by atoms with Crippen molar-refractivity contribution < 1.29 is 19.8 Å². The van der Waals surface area contributed by atoms with Gasteiger partial charge in [-0.15, -0.1) is 0 Å². The van der Waals surface area contributed by atoms with Crippen LogP contribution in [0, 0.1) is 0 Å². The smallest absolute Gasteiger partial charge is 0.255 e. The molecular weight excluding hydrogens is 272 g/mol. The molecule has 2 rings (SSSR count). The van der Waals surface area contributed by atoms with Crippen molar-refractivity contribution in [1.82, 2.24) is 4.90 Å². The normalized spacial score (nSPS) is 16.6. The highest BCUT2D eigenvalue weighted by Gasteiger charge is 2.26. The molecule has 1 aliphatic rings. The standard InChI is InChI=1S/C12H15ClN2O4/c13-10-8(1-2-9(16)11(10)17)12(18)15-5-3-7(19-14)4-6-15/h1-2,7,16-17H,3-6,14H2. The number of aromatic hydroxyl groups is 2. The van der Waals surface area contributed by atoms with Crippen molar-refractivity contribution in [1.29, 1.82) is 0 Å². The summed E-state index contributed by atoms with van der Waals surface area (Å²) >= 11 is 5.87. The summed E-state index contributed by atoms with van der Waals surface area (Å²) in [4.78, 5) is 18.6. The molecule has 0 aromatic heterocycles. The first kappa shape index (κ1) is 13.9. The summed E-state index contributed by atoms with van der Waals surface area (Å²) in [7, 11) is 0. The number of hydrogen-bond acceptors (Lipinski definition) is 5. The third-order valence-corrected chi connectivity index (χ3v) is 3.63. The maximum atomic E-state index is 12.3. The van der Waals surface area contributed by atoms with Gasteiger partial charge in [0, 0.05) is 13.1 Å². The van der Waals surface area contributed by atoms with E-state index in [0.29, 0.717) is 25.9 Å². The van der Waals surface area contributed by atoms with Gasteiger partial charge in [0.1, 0.15) is 0 Å². The predicted molar refractivity (Wildman–Crippen MR) is 69.0 cm³/mol. The molecule has 6 nitrogen and oxygen atoms in total. The monoisotopic (exact) mass is 286 g/mol. The van der Waals surface area contributed by atoms with Crippen LogP contribution in [0.5, 0.6) is 11.5 Å². The Balaban J connectivity index is 2.15. The number of nitrogens with zero attached hydrogens (tertiary/aromatic N) is 1. The number of phenolic OH excluding ortho intramolecular Hbond substituents is 2. The van der Waals surface area contributed by atoms with Crippen LogP contribution in [-0.4, -0.2) is 40.2 Å². The Labute approximate surface area is 115 Å². The maximum Gasteiger partial charge on any atom is 0.255 e. The molecule has 7 heteroatoms. The van der Waals surface area contributed by atoms with Crippen molar-refractivity contribution >= 4 is 17.5 Å². The second-order valence-electron chi connectivity index (χ2n) is 4.42. The summed E-state index contributed by atoms with van der Waals surface area (Å²) in [5.41, 5.74) is 0.170. The van der Waals surface area contributed by atoms with E-state index in [2.05, 4.69) is 0 Å². The van der Waals surface area contributed by atoms with E-state index in [4.69, 9.17) is 22.3 Å². The van der Waals surface area contributed by atoms with Crippen LogP contribution in [-0.2, 0) is 4.84 Å². The molecule has 1 aromatic rings. The number of nitrogens with two attached hydrogens (primary N) is 1. The maximum absolute atomic E-state index is 12.3. The molecule has 0 saturated carbocycles. The van der Waals surface area contributed by atoms with Gasteiger partial charge in [-0.2, -0.15) is 0 Å². The lowest BCUT2D eigenvalue weighted by atomic mass is 10.1. The molecule has 1 fully saturated rings. The first-order chi connectivity index (χ1) is 9.04. The van der Waals surface area contributed by atoms with Crippen molar-refractivity contribution in [3.63, 3.8) is 0 Å². The van der Waals surface area contributed by atoms with E-state index < -0.39 is 5.75 Å². The molecule has 1 aromatic carbocycles. The van der Waals surface area contributed by atoms with E-state index in [9.17, 15) is 15.0 Å². The van der Waals surface area contributed by atoms with Crippen LogP contribution in [0.4, 0.5) is 0 Å². The van der Waals surface area contributed by atoms with Gasteiger partial charge in [-0.1, -0.05) is 11.6 Å². The van der Waals surface area contributed by atoms with Crippen LogP contribution in [0.15, 0.2) is 12.1 Å². The molecule has 0 aliphatic carbocycles. The Morgan fingerprint density at radius 1 is 1.37 bits per heavy atom. The van der Waals surface area contributed by atoms with E-state index in [1.165, 1.54) is 12.1 Å². The predicted octanol–water partition coefficient (Wildman–Crippen LogP) is 1.25. The first-order valence-electron chi connectivity index (χ1n) is 5.89. The molecule has 0 atom stereocenters. The average Bonchev–Trinajstić information content (AvgIpc) is 2.44. The van der Waals surface area contributed by atoms with Gasteiger partial charge in [0.25, 0.3) is 5.91 Å². The SMILES string of the molecule is NOC1CCN(C(=O)c2ccc(O)c(O)c2Cl)CC1. The lowest BCUT2D eigenvalue weighted by Crippen LogP contribution is -2.41. The Bertz CT molecular complexity index is 487. The molecule has 104 valence electrons. The molecule has 1 saturated heterocycles. The zero-order chi connectivity index (χ0) is 14.0. The zero-order valence-electron chi connectivity index (χ0n) is 10.2. The second-order valence-corrected chi connectivity index (χ2v) is 4.80. The summed E-state index contributed by atoms with van der Waals surface area (Å²) in [5.74, 6) is 4.00. The average molecular weight is 287 g/mol. The second kappa shape index (κ2) is 5.64. The van der Waals surface area contributed by atoms with Crippen LogP contribution >= 0.6 is 11.6 Å². The highest BCUT2D eigenvalue weighted by molar-refractivity contribution is 6.35. The highest BCUT2D eigenvalue weighted by Crippen LogP contribution is 2.36.